The van der Waals surface area contributed by atoms with Crippen molar-refractivity contribution in [2.45, 2.75) is 13.5 Å². The van der Waals surface area contributed by atoms with Gasteiger partial charge in [0.05, 0.1) is 5.02 Å². The van der Waals surface area contributed by atoms with Crippen LogP contribution in [-0.2, 0) is 11.3 Å². The van der Waals surface area contributed by atoms with Gasteiger partial charge in [0.25, 0.3) is 0 Å². The van der Waals surface area contributed by atoms with Crippen LogP contribution in [0, 0.1) is 0 Å². The molecule has 1 aromatic rings. The number of rotatable bonds is 2. The molecule has 0 unspecified atom stereocenters. The number of amides is 1. The number of hydrogen-bond acceptors (Lipinski definition) is 2. The predicted octanol–water partition coefficient (Wildman–Crippen LogP) is 0.664. The molecule has 0 aliphatic rings. The summed E-state index contributed by atoms with van der Waals surface area (Å²) in [6, 6.07) is 1.36. The number of pyridine rings is 1. The fraction of sp³-hybridized carbons (Fsp3) is 0.250. The minimum atomic E-state index is -0.232. The number of nitrogens with one attached hydrogen (secondary N) is 2. The SMILES string of the molecule is CC(=O)NCc1cc(=O)[nH]cc1Cl. The van der Waals surface area contributed by atoms with Crippen LogP contribution in [0.2, 0.25) is 5.02 Å². The van der Waals surface area contributed by atoms with Gasteiger partial charge in [0.15, 0.2) is 0 Å². The lowest BCUT2D eigenvalue weighted by atomic mass is 10.2. The zero-order valence-corrected chi connectivity index (χ0v) is 7.81. The van der Waals surface area contributed by atoms with Crippen LogP contribution in [0.3, 0.4) is 0 Å². The normalized spacial score (nSPS) is 9.69. The molecule has 70 valence electrons. The van der Waals surface area contributed by atoms with Crippen LogP contribution in [0.4, 0.5) is 0 Å². The lowest BCUT2D eigenvalue weighted by Gasteiger charge is -2.03. The lowest BCUT2D eigenvalue weighted by Crippen LogP contribution is -2.20. The monoisotopic (exact) mass is 200 g/mol. The van der Waals surface area contributed by atoms with Crippen LogP contribution < -0.4 is 10.9 Å². The topological polar surface area (TPSA) is 62.0 Å². The molecule has 1 heterocycles. The molecule has 4 nitrogen and oxygen atoms in total. The van der Waals surface area contributed by atoms with Gasteiger partial charge in [-0.25, -0.2) is 0 Å². The second kappa shape index (κ2) is 4.09. The summed E-state index contributed by atoms with van der Waals surface area (Å²) < 4.78 is 0. The minimum absolute atomic E-state index is 0.156. The zero-order valence-electron chi connectivity index (χ0n) is 7.06. The molecule has 0 aliphatic heterocycles. The van der Waals surface area contributed by atoms with Gasteiger partial charge in [-0.15, -0.1) is 0 Å². The van der Waals surface area contributed by atoms with E-state index in [4.69, 9.17) is 11.6 Å². The summed E-state index contributed by atoms with van der Waals surface area (Å²) in [4.78, 5) is 23.9. The molecule has 1 amide bonds. The summed E-state index contributed by atoms with van der Waals surface area (Å²) in [5.41, 5.74) is 0.380. The first-order valence-corrected chi connectivity index (χ1v) is 4.09. The van der Waals surface area contributed by atoms with E-state index in [1.807, 2.05) is 0 Å². The molecule has 0 aliphatic carbocycles. The fourth-order valence-corrected chi connectivity index (χ4v) is 1.03. The van der Waals surface area contributed by atoms with E-state index >= 15 is 0 Å². The number of aromatic nitrogens is 1. The highest BCUT2D eigenvalue weighted by molar-refractivity contribution is 6.31. The summed E-state index contributed by atoms with van der Waals surface area (Å²) in [7, 11) is 0. The Morgan fingerprint density at radius 2 is 2.38 bits per heavy atom. The van der Waals surface area contributed by atoms with Gasteiger partial charge in [-0.2, -0.15) is 0 Å². The number of hydrogen-bond donors (Lipinski definition) is 2. The van der Waals surface area contributed by atoms with Crippen molar-refractivity contribution < 1.29 is 4.79 Å². The smallest absolute Gasteiger partial charge is 0.248 e. The Kier molecular flexibility index (Phi) is 3.08. The van der Waals surface area contributed by atoms with Crippen molar-refractivity contribution >= 4 is 17.5 Å². The molecule has 5 heteroatoms. The van der Waals surface area contributed by atoms with Gasteiger partial charge in [-0.05, 0) is 5.56 Å². The van der Waals surface area contributed by atoms with Crippen molar-refractivity contribution in [3.05, 3.63) is 33.2 Å². The summed E-state index contributed by atoms with van der Waals surface area (Å²) in [6.45, 7) is 1.68. The number of aromatic amines is 1. The summed E-state index contributed by atoms with van der Waals surface area (Å²) in [5.74, 6) is -0.156. The second-order valence-corrected chi connectivity index (χ2v) is 2.99. The third-order valence-electron chi connectivity index (χ3n) is 1.48. The van der Waals surface area contributed by atoms with Crippen molar-refractivity contribution in [1.82, 2.24) is 10.3 Å². The van der Waals surface area contributed by atoms with E-state index in [2.05, 4.69) is 10.3 Å². The molecule has 0 spiro atoms. The van der Waals surface area contributed by atoms with Gasteiger partial charge in [0, 0.05) is 25.7 Å². The molecule has 1 aromatic heterocycles. The Labute approximate surface area is 79.9 Å². The first-order chi connectivity index (χ1) is 6.09. The molecule has 1 rings (SSSR count). The van der Waals surface area contributed by atoms with Gasteiger partial charge >= 0.3 is 0 Å². The van der Waals surface area contributed by atoms with Gasteiger partial charge in [0.1, 0.15) is 0 Å². The maximum absolute atomic E-state index is 10.9. The Hall–Kier alpha value is -1.29. The van der Waals surface area contributed by atoms with E-state index in [9.17, 15) is 9.59 Å². The summed E-state index contributed by atoms with van der Waals surface area (Å²) in [5, 5.41) is 2.99. The summed E-state index contributed by atoms with van der Waals surface area (Å²) >= 11 is 5.76. The van der Waals surface area contributed by atoms with Crippen LogP contribution in [-0.4, -0.2) is 10.9 Å². The van der Waals surface area contributed by atoms with Crippen molar-refractivity contribution in [3.8, 4) is 0 Å². The first kappa shape index (κ1) is 9.80. The molecule has 0 bridgehead atoms. The minimum Gasteiger partial charge on any atom is -0.352 e. The molecule has 0 atom stereocenters. The van der Waals surface area contributed by atoms with Crippen molar-refractivity contribution in [2.24, 2.45) is 0 Å². The van der Waals surface area contributed by atoms with Crippen molar-refractivity contribution in [1.29, 1.82) is 0 Å². The van der Waals surface area contributed by atoms with Crippen molar-refractivity contribution in [3.63, 3.8) is 0 Å². The number of carbonyl (C=O) groups is 1. The Morgan fingerprint density at radius 1 is 1.69 bits per heavy atom. The Balaban J connectivity index is 2.81. The Morgan fingerprint density at radius 3 is 3.00 bits per heavy atom. The Bertz CT molecular complexity index is 373. The summed E-state index contributed by atoms with van der Waals surface area (Å²) in [6.07, 6.45) is 1.40. The van der Waals surface area contributed by atoms with Gasteiger partial charge in [-0.1, -0.05) is 11.6 Å². The average molecular weight is 201 g/mol. The van der Waals surface area contributed by atoms with Gasteiger partial charge < -0.3 is 10.3 Å². The zero-order chi connectivity index (χ0) is 9.84. The molecule has 13 heavy (non-hydrogen) atoms. The third kappa shape index (κ3) is 2.91. The largest absolute Gasteiger partial charge is 0.352 e. The van der Waals surface area contributed by atoms with Crippen LogP contribution in [0.1, 0.15) is 12.5 Å². The second-order valence-electron chi connectivity index (χ2n) is 2.58. The van der Waals surface area contributed by atoms with E-state index in [0.29, 0.717) is 10.6 Å². The number of H-pyrrole nitrogens is 1. The van der Waals surface area contributed by atoms with E-state index in [1.54, 1.807) is 0 Å². The molecule has 0 saturated carbocycles. The fourth-order valence-electron chi connectivity index (χ4n) is 0.851. The predicted molar refractivity (Wildman–Crippen MR) is 49.6 cm³/mol. The van der Waals surface area contributed by atoms with E-state index in [1.165, 1.54) is 19.2 Å². The van der Waals surface area contributed by atoms with Crippen LogP contribution in [0.15, 0.2) is 17.1 Å². The molecule has 0 radical (unpaired) electrons. The van der Waals surface area contributed by atoms with Crippen LogP contribution in [0.25, 0.3) is 0 Å². The van der Waals surface area contributed by atoms with E-state index in [-0.39, 0.29) is 18.0 Å². The lowest BCUT2D eigenvalue weighted by molar-refractivity contribution is -0.119. The maximum Gasteiger partial charge on any atom is 0.248 e. The van der Waals surface area contributed by atoms with E-state index < -0.39 is 0 Å². The average Bonchev–Trinajstić information content (AvgIpc) is 2.06. The van der Waals surface area contributed by atoms with E-state index in [0.717, 1.165) is 0 Å². The highest BCUT2D eigenvalue weighted by atomic mass is 35.5. The van der Waals surface area contributed by atoms with Gasteiger partial charge in [-0.3, -0.25) is 9.59 Å². The molecular formula is C8H9ClN2O2. The molecule has 0 aromatic carbocycles. The van der Waals surface area contributed by atoms with Crippen LogP contribution in [0.5, 0.6) is 0 Å². The molecule has 0 saturated heterocycles. The van der Waals surface area contributed by atoms with Crippen molar-refractivity contribution in [2.75, 3.05) is 0 Å². The standard InChI is InChI=1S/C8H9ClN2O2/c1-5(12)10-3-6-2-8(13)11-4-7(6)9/h2,4H,3H2,1H3,(H,10,12)(H,11,13). The maximum atomic E-state index is 10.9. The molecule has 2 N–H and O–H groups in total. The quantitative estimate of drug-likeness (QED) is 0.737. The molecular weight excluding hydrogens is 192 g/mol. The van der Waals surface area contributed by atoms with Crippen LogP contribution >= 0.6 is 11.6 Å². The third-order valence-corrected chi connectivity index (χ3v) is 1.83. The number of carbonyl (C=O) groups excluding carboxylic acids is 1. The highest BCUT2D eigenvalue weighted by Gasteiger charge is 2.01. The van der Waals surface area contributed by atoms with Gasteiger partial charge in [0.2, 0.25) is 11.5 Å². The molecule has 0 fully saturated rings. The number of halogens is 1. The first-order valence-electron chi connectivity index (χ1n) is 3.71. The highest BCUT2D eigenvalue weighted by Crippen LogP contribution is 2.10.